The number of nitrogens with two attached hydrogens (primary N) is 1. The molecule has 31 heavy (non-hydrogen) atoms. The summed E-state index contributed by atoms with van der Waals surface area (Å²) < 4.78 is 7.30. The highest BCUT2D eigenvalue weighted by atomic mass is 16.5. The van der Waals surface area contributed by atoms with E-state index in [1.807, 2.05) is 66.7 Å². The molecule has 0 atom stereocenters. The molecule has 2 aromatic carbocycles. The number of pyridine rings is 1. The van der Waals surface area contributed by atoms with Crippen LogP contribution >= 0.6 is 0 Å². The van der Waals surface area contributed by atoms with Crippen molar-refractivity contribution >= 4 is 28.4 Å². The van der Waals surface area contributed by atoms with E-state index in [1.165, 1.54) is 0 Å². The number of fused-ring (bicyclic) bond motifs is 1. The molecule has 0 radical (unpaired) electrons. The highest BCUT2D eigenvalue weighted by Crippen LogP contribution is 2.30. The van der Waals surface area contributed by atoms with Gasteiger partial charge in [-0.15, -0.1) is 5.10 Å². The Bertz CT molecular complexity index is 1400. The minimum Gasteiger partial charge on any atom is -0.439 e. The number of aromatic nitrogens is 5. The summed E-state index contributed by atoms with van der Waals surface area (Å²) in [6.07, 6.45) is 1.67. The van der Waals surface area contributed by atoms with Crippen LogP contribution in [0.15, 0.2) is 83.8 Å². The Morgan fingerprint density at radius 3 is 2.48 bits per heavy atom. The molecule has 0 unspecified atom stereocenters. The maximum atomic E-state index is 11.9. The van der Waals surface area contributed by atoms with Gasteiger partial charge in [0.1, 0.15) is 17.0 Å². The Kier molecular flexibility index (Phi) is 4.53. The average Bonchev–Trinajstić information content (AvgIpc) is 3.15. The van der Waals surface area contributed by atoms with Gasteiger partial charge in [-0.25, -0.2) is 14.5 Å². The van der Waals surface area contributed by atoms with E-state index < -0.39 is 5.69 Å². The van der Waals surface area contributed by atoms with Crippen LogP contribution in [0.4, 0.5) is 17.3 Å². The zero-order valence-electron chi connectivity index (χ0n) is 16.2. The van der Waals surface area contributed by atoms with Crippen molar-refractivity contribution in [1.82, 2.24) is 24.7 Å². The molecule has 0 aliphatic rings. The summed E-state index contributed by atoms with van der Waals surface area (Å²) in [5.41, 5.74) is 7.45. The van der Waals surface area contributed by atoms with Crippen molar-refractivity contribution in [2.75, 3.05) is 11.1 Å². The molecule has 0 aliphatic carbocycles. The third-order valence-corrected chi connectivity index (χ3v) is 4.56. The fourth-order valence-corrected chi connectivity index (χ4v) is 3.17. The molecular weight excluding hydrogens is 394 g/mol. The third kappa shape index (κ3) is 3.67. The van der Waals surface area contributed by atoms with Gasteiger partial charge in [0.2, 0.25) is 5.88 Å². The summed E-state index contributed by atoms with van der Waals surface area (Å²) in [5.74, 6) is 1.82. The lowest BCUT2D eigenvalue weighted by molar-refractivity contribution is 0.463. The number of ether oxygens (including phenoxy) is 1. The number of H-pyrrole nitrogens is 1. The average molecular weight is 411 g/mol. The normalized spacial score (nSPS) is 10.8. The molecule has 9 heteroatoms. The molecule has 3 aromatic heterocycles. The number of para-hydroxylation sites is 1. The molecule has 0 amide bonds. The van der Waals surface area contributed by atoms with E-state index in [9.17, 15) is 4.79 Å². The highest BCUT2D eigenvalue weighted by Gasteiger charge is 2.17. The summed E-state index contributed by atoms with van der Waals surface area (Å²) in [7, 11) is 0. The summed E-state index contributed by atoms with van der Waals surface area (Å²) in [5, 5.41) is 8.38. The Hall–Kier alpha value is -4.66. The lowest BCUT2D eigenvalue weighted by atomic mass is 10.3. The first kappa shape index (κ1) is 18.4. The van der Waals surface area contributed by atoms with E-state index in [4.69, 9.17) is 10.5 Å². The Balaban J connectivity index is 1.50. The van der Waals surface area contributed by atoms with Crippen LogP contribution in [0.3, 0.4) is 0 Å². The first-order valence-electron chi connectivity index (χ1n) is 9.47. The number of nitrogens with one attached hydrogen (secondary N) is 2. The molecule has 0 aliphatic heterocycles. The van der Waals surface area contributed by atoms with Gasteiger partial charge in [0, 0.05) is 18.0 Å². The number of nitrogen functional groups attached to an aromatic ring is 1. The van der Waals surface area contributed by atoms with Crippen molar-refractivity contribution in [3.63, 3.8) is 0 Å². The fourth-order valence-electron chi connectivity index (χ4n) is 3.17. The summed E-state index contributed by atoms with van der Waals surface area (Å²) >= 11 is 0. The summed E-state index contributed by atoms with van der Waals surface area (Å²) in [6, 6.07) is 22.2. The smallest absolute Gasteiger partial charge is 0.348 e. The van der Waals surface area contributed by atoms with Gasteiger partial charge in [0.05, 0.1) is 5.69 Å². The molecule has 0 fully saturated rings. The SMILES string of the molecule is Nc1[nH]c(=O)nc2c1c(Nc1ccc(Oc3ccccn3)cc1)nn2-c1ccccc1. The van der Waals surface area contributed by atoms with E-state index in [-0.39, 0.29) is 5.82 Å². The monoisotopic (exact) mass is 411 g/mol. The standard InChI is InChI=1S/C22H17N7O2/c23-19-18-20(25-14-9-11-16(12-10-14)31-17-8-4-5-13-24-17)28-29(15-6-2-1-3-7-15)21(18)27-22(30)26-19/h1-13H,(H,25,28)(H3,23,26,27,30). The van der Waals surface area contributed by atoms with E-state index in [2.05, 4.69) is 25.4 Å². The van der Waals surface area contributed by atoms with Gasteiger partial charge >= 0.3 is 5.69 Å². The second-order valence-electron chi connectivity index (χ2n) is 6.67. The molecule has 0 bridgehead atoms. The number of benzene rings is 2. The van der Waals surface area contributed by atoms with E-state index >= 15 is 0 Å². The number of anilines is 3. The van der Waals surface area contributed by atoms with Crippen LogP contribution in [0, 0.1) is 0 Å². The molecule has 9 nitrogen and oxygen atoms in total. The highest BCUT2D eigenvalue weighted by molar-refractivity contribution is 5.97. The molecule has 152 valence electrons. The minimum atomic E-state index is -0.537. The quantitative estimate of drug-likeness (QED) is 0.403. The maximum absolute atomic E-state index is 11.9. The molecule has 5 aromatic rings. The van der Waals surface area contributed by atoms with E-state index in [1.54, 1.807) is 16.9 Å². The lowest BCUT2D eigenvalue weighted by Crippen LogP contribution is -2.14. The van der Waals surface area contributed by atoms with Crippen molar-refractivity contribution in [2.45, 2.75) is 0 Å². The summed E-state index contributed by atoms with van der Waals surface area (Å²) in [6.45, 7) is 0. The molecular formula is C22H17N7O2. The van der Waals surface area contributed by atoms with Gasteiger partial charge in [0.25, 0.3) is 0 Å². The number of hydrogen-bond donors (Lipinski definition) is 3. The Morgan fingerprint density at radius 1 is 0.968 bits per heavy atom. The number of nitrogens with zero attached hydrogens (tertiary/aromatic N) is 4. The molecule has 5 rings (SSSR count). The second-order valence-corrected chi connectivity index (χ2v) is 6.67. The van der Waals surface area contributed by atoms with Crippen LogP contribution < -0.4 is 21.5 Å². The maximum Gasteiger partial charge on any atom is 0.348 e. The van der Waals surface area contributed by atoms with Crippen LogP contribution in [-0.4, -0.2) is 24.7 Å². The largest absolute Gasteiger partial charge is 0.439 e. The topological polar surface area (TPSA) is 124 Å². The first-order chi connectivity index (χ1) is 15.2. The van der Waals surface area contributed by atoms with Crippen molar-refractivity contribution in [3.8, 4) is 17.3 Å². The fraction of sp³-hybridized carbons (Fsp3) is 0. The molecule has 0 saturated heterocycles. The van der Waals surface area contributed by atoms with Gasteiger partial charge in [-0.3, -0.25) is 4.98 Å². The number of aromatic amines is 1. The Labute approximate surface area is 176 Å². The van der Waals surface area contributed by atoms with Crippen molar-refractivity contribution < 1.29 is 4.74 Å². The van der Waals surface area contributed by atoms with Gasteiger partial charge in [-0.1, -0.05) is 24.3 Å². The van der Waals surface area contributed by atoms with Gasteiger partial charge < -0.3 is 15.8 Å². The zero-order chi connectivity index (χ0) is 21.2. The molecule has 4 N–H and O–H groups in total. The van der Waals surface area contributed by atoms with Crippen LogP contribution in [0.5, 0.6) is 11.6 Å². The van der Waals surface area contributed by atoms with E-state index in [0.29, 0.717) is 28.5 Å². The minimum absolute atomic E-state index is 0.190. The van der Waals surface area contributed by atoms with Gasteiger partial charge in [-0.2, -0.15) is 4.98 Å². The second kappa shape index (κ2) is 7.64. The van der Waals surface area contributed by atoms with Crippen LogP contribution in [0.25, 0.3) is 16.7 Å². The van der Waals surface area contributed by atoms with Crippen LogP contribution in [0.2, 0.25) is 0 Å². The number of rotatable bonds is 5. The third-order valence-electron chi connectivity index (χ3n) is 4.56. The molecule has 0 spiro atoms. The molecule has 3 heterocycles. The summed E-state index contributed by atoms with van der Waals surface area (Å²) in [4.78, 5) is 22.7. The van der Waals surface area contributed by atoms with E-state index in [0.717, 1.165) is 11.4 Å². The van der Waals surface area contributed by atoms with Gasteiger partial charge in [0.15, 0.2) is 11.5 Å². The lowest BCUT2D eigenvalue weighted by Gasteiger charge is -2.07. The number of hydrogen-bond acceptors (Lipinski definition) is 7. The van der Waals surface area contributed by atoms with Crippen LogP contribution in [0.1, 0.15) is 0 Å². The van der Waals surface area contributed by atoms with Crippen molar-refractivity contribution in [2.24, 2.45) is 0 Å². The molecule has 0 saturated carbocycles. The Morgan fingerprint density at radius 2 is 1.74 bits per heavy atom. The zero-order valence-corrected chi connectivity index (χ0v) is 16.2. The predicted octanol–water partition coefficient (Wildman–Crippen LogP) is 3.62. The van der Waals surface area contributed by atoms with Gasteiger partial charge in [-0.05, 0) is 42.5 Å². The van der Waals surface area contributed by atoms with Crippen LogP contribution in [-0.2, 0) is 0 Å². The first-order valence-corrected chi connectivity index (χ1v) is 9.47. The van der Waals surface area contributed by atoms with Crippen molar-refractivity contribution in [3.05, 3.63) is 89.5 Å². The van der Waals surface area contributed by atoms with Crippen molar-refractivity contribution in [1.29, 1.82) is 0 Å². The predicted molar refractivity (Wildman–Crippen MR) is 118 cm³/mol.